The Morgan fingerprint density at radius 3 is 2.56 bits per heavy atom. The van der Waals surface area contributed by atoms with Crippen LogP contribution in [0.3, 0.4) is 0 Å². The van der Waals surface area contributed by atoms with Gasteiger partial charge >= 0.3 is 0 Å². The van der Waals surface area contributed by atoms with Gasteiger partial charge in [-0.15, -0.1) is 0 Å². The number of methoxy groups -OCH3 is 1. The first-order valence-electron chi connectivity index (χ1n) is 10.6. The van der Waals surface area contributed by atoms with Gasteiger partial charge in [0.1, 0.15) is 24.0 Å². The standard InChI is InChI=1S/C27H25BrN2O4/c1-18(2)34-23-11-7-10-22(15-23)30-27(31)21(16-29)12-20-13-24(28)26(25(14-20)32-3)33-17-19-8-5-4-6-9-19/h4-15,18H,17H2,1-3H3,(H,30,31)/b21-12-. The molecule has 7 heteroatoms. The predicted octanol–water partition coefficient (Wildman–Crippen LogP) is 6.37. The lowest BCUT2D eigenvalue weighted by Gasteiger charge is -2.14. The van der Waals surface area contributed by atoms with E-state index in [2.05, 4.69) is 21.2 Å². The monoisotopic (exact) mass is 520 g/mol. The molecular formula is C27H25BrN2O4. The zero-order chi connectivity index (χ0) is 24.5. The van der Waals surface area contributed by atoms with Gasteiger partial charge in [-0.05, 0) is 71.2 Å². The third-order valence-electron chi connectivity index (χ3n) is 4.62. The molecule has 0 aliphatic rings. The Bertz CT molecular complexity index is 1220. The number of amides is 1. The molecule has 0 fully saturated rings. The first-order valence-corrected chi connectivity index (χ1v) is 11.4. The fraction of sp³-hybridized carbons (Fsp3) is 0.185. The van der Waals surface area contributed by atoms with E-state index in [1.807, 2.05) is 56.3 Å². The summed E-state index contributed by atoms with van der Waals surface area (Å²) in [6.07, 6.45) is 1.51. The normalized spacial score (nSPS) is 11.0. The van der Waals surface area contributed by atoms with Crippen molar-refractivity contribution in [3.8, 4) is 23.3 Å². The zero-order valence-electron chi connectivity index (χ0n) is 19.2. The summed E-state index contributed by atoms with van der Waals surface area (Å²) in [6, 6.07) is 22.3. The number of nitriles is 1. The third-order valence-corrected chi connectivity index (χ3v) is 5.21. The Hall–Kier alpha value is -3.76. The smallest absolute Gasteiger partial charge is 0.266 e. The summed E-state index contributed by atoms with van der Waals surface area (Å²) < 4.78 is 17.7. The summed E-state index contributed by atoms with van der Waals surface area (Å²) in [6.45, 7) is 4.22. The van der Waals surface area contributed by atoms with Crippen molar-refractivity contribution in [2.75, 3.05) is 12.4 Å². The molecule has 0 radical (unpaired) electrons. The molecule has 0 bridgehead atoms. The van der Waals surface area contributed by atoms with E-state index in [4.69, 9.17) is 14.2 Å². The zero-order valence-corrected chi connectivity index (χ0v) is 20.8. The number of anilines is 1. The van der Waals surface area contributed by atoms with E-state index in [0.29, 0.717) is 39.6 Å². The van der Waals surface area contributed by atoms with Crippen LogP contribution in [0.4, 0.5) is 5.69 Å². The van der Waals surface area contributed by atoms with Crippen LogP contribution >= 0.6 is 15.9 Å². The van der Waals surface area contributed by atoms with Crippen LogP contribution in [-0.2, 0) is 11.4 Å². The van der Waals surface area contributed by atoms with Gasteiger partial charge in [0.05, 0.1) is 17.7 Å². The van der Waals surface area contributed by atoms with Crippen LogP contribution in [0.2, 0.25) is 0 Å². The molecule has 174 valence electrons. The average molecular weight is 521 g/mol. The molecule has 0 atom stereocenters. The van der Waals surface area contributed by atoms with Gasteiger partial charge < -0.3 is 19.5 Å². The molecule has 3 rings (SSSR count). The highest BCUT2D eigenvalue weighted by Gasteiger charge is 2.15. The van der Waals surface area contributed by atoms with Crippen LogP contribution in [0.25, 0.3) is 6.08 Å². The highest BCUT2D eigenvalue weighted by atomic mass is 79.9. The molecule has 1 amide bonds. The first-order chi connectivity index (χ1) is 16.4. The molecule has 3 aromatic carbocycles. The minimum absolute atomic E-state index is 0.00795. The maximum absolute atomic E-state index is 12.7. The van der Waals surface area contributed by atoms with Crippen molar-refractivity contribution in [1.29, 1.82) is 5.26 Å². The van der Waals surface area contributed by atoms with Gasteiger partial charge in [0.2, 0.25) is 0 Å². The third kappa shape index (κ3) is 6.87. The molecule has 6 nitrogen and oxygen atoms in total. The average Bonchev–Trinajstić information content (AvgIpc) is 2.81. The topological polar surface area (TPSA) is 80.6 Å². The largest absolute Gasteiger partial charge is 0.493 e. The van der Waals surface area contributed by atoms with Crippen LogP contribution in [0.15, 0.2) is 76.8 Å². The lowest BCUT2D eigenvalue weighted by molar-refractivity contribution is -0.112. The Balaban J connectivity index is 1.79. The fourth-order valence-corrected chi connectivity index (χ4v) is 3.70. The second-order valence-electron chi connectivity index (χ2n) is 7.63. The molecule has 0 unspecified atom stereocenters. The number of carbonyl (C=O) groups is 1. The Morgan fingerprint density at radius 1 is 1.12 bits per heavy atom. The van der Waals surface area contributed by atoms with Crippen molar-refractivity contribution < 1.29 is 19.0 Å². The van der Waals surface area contributed by atoms with E-state index in [1.165, 1.54) is 13.2 Å². The van der Waals surface area contributed by atoms with Gasteiger partial charge in [-0.2, -0.15) is 5.26 Å². The lowest BCUT2D eigenvalue weighted by Crippen LogP contribution is -2.13. The highest BCUT2D eigenvalue weighted by Crippen LogP contribution is 2.37. The van der Waals surface area contributed by atoms with E-state index in [1.54, 1.807) is 30.3 Å². The van der Waals surface area contributed by atoms with Crippen molar-refractivity contribution in [1.82, 2.24) is 0 Å². The number of carbonyl (C=O) groups excluding carboxylic acids is 1. The summed E-state index contributed by atoms with van der Waals surface area (Å²) in [4.78, 5) is 12.7. The fourth-order valence-electron chi connectivity index (χ4n) is 3.13. The summed E-state index contributed by atoms with van der Waals surface area (Å²) in [5.41, 5.74) is 2.11. The first kappa shape index (κ1) is 24.9. The molecule has 0 aromatic heterocycles. The molecule has 0 saturated heterocycles. The van der Waals surface area contributed by atoms with E-state index in [-0.39, 0.29) is 11.7 Å². The van der Waals surface area contributed by atoms with Gasteiger partial charge in [0, 0.05) is 11.8 Å². The van der Waals surface area contributed by atoms with Crippen molar-refractivity contribution in [3.05, 3.63) is 87.9 Å². The summed E-state index contributed by atoms with van der Waals surface area (Å²) in [7, 11) is 1.54. The Labute approximate surface area is 207 Å². The molecular weight excluding hydrogens is 496 g/mol. The SMILES string of the molecule is COc1cc(/C=C(/C#N)C(=O)Nc2cccc(OC(C)C)c2)cc(Br)c1OCc1ccccc1. The van der Waals surface area contributed by atoms with Crippen LogP contribution in [-0.4, -0.2) is 19.1 Å². The highest BCUT2D eigenvalue weighted by molar-refractivity contribution is 9.10. The number of hydrogen-bond donors (Lipinski definition) is 1. The second-order valence-corrected chi connectivity index (χ2v) is 8.48. The van der Waals surface area contributed by atoms with Crippen molar-refractivity contribution in [3.63, 3.8) is 0 Å². The van der Waals surface area contributed by atoms with Crippen molar-refractivity contribution in [2.45, 2.75) is 26.6 Å². The lowest BCUT2D eigenvalue weighted by atomic mass is 10.1. The van der Waals surface area contributed by atoms with Crippen molar-refractivity contribution >= 4 is 33.6 Å². The van der Waals surface area contributed by atoms with Crippen LogP contribution in [0.5, 0.6) is 17.2 Å². The number of halogens is 1. The van der Waals surface area contributed by atoms with Gasteiger partial charge in [0.25, 0.3) is 5.91 Å². The maximum Gasteiger partial charge on any atom is 0.266 e. The van der Waals surface area contributed by atoms with Crippen molar-refractivity contribution in [2.24, 2.45) is 0 Å². The molecule has 3 aromatic rings. The number of ether oxygens (including phenoxy) is 3. The maximum atomic E-state index is 12.7. The minimum Gasteiger partial charge on any atom is -0.493 e. The summed E-state index contributed by atoms with van der Waals surface area (Å²) in [5.74, 6) is 1.12. The van der Waals surface area contributed by atoms with Gasteiger partial charge in [-0.1, -0.05) is 36.4 Å². The second kappa shape index (κ2) is 11.9. The number of nitrogens with zero attached hydrogens (tertiary/aromatic N) is 1. The van der Waals surface area contributed by atoms with Crippen LogP contribution in [0.1, 0.15) is 25.0 Å². The van der Waals surface area contributed by atoms with Crippen LogP contribution in [0, 0.1) is 11.3 Å². The quantitative estimate of drug-likeness (QED) is 0.262. The van der Waals surface area contributed by atoms with Gasteiger partial charge in [-0.25, -0.2) is 0 Å². The summed E-state index contributed by atoms with van der Waals surface area (Å²) >= 11 is 3.51. The molecule has 0 aliphatic carbocycles. The van der Waals surface area contributed by atoms with Gasteiger partial charge in [0.15, 0.2) is 11.5 Å². The number of benzene rings is 3. The molecule has 0 saturated carbocycles. The number of hydrogen-bond acceptors (Lipinski definition) is 5. The number of rotatable bonds is 9. The molecule has 0 aliphatic heterocycles. The molecule has 1 N–H and O–H groups in total. The minimum atomic E-state index is -0.524. The summed E-state index contributed by atoms with van der Waals surface area (Å²) in [5, 5.41) is 12.3. The van der Waals surface area contributed by atoms with Crippen LogP contribution < -0.4 is 19.5 Å². The Morgan fingerprint density at radius 2 is 1.88 bits per heavy atom. The molecule has 0 spiro atoms. The van der Waals surface area contributed by atoms with E-state index >= 15 is 0 Å². The molecule has 0 heterocycles. The van der Waals surface area contributed by atoms with Gasteiger partial charge in [-0.3, -0.25) is 4.79 Å². The van der Waals surface area contributed by atoms with E-state index < -0.39 is 5.91 Å². The van der Waals surface area contributed by atoms with E-state index in [9.17, 15) is 10.1 Å². The molecule has 34 heavy (non-hydrogen) atoms. The van der Waals surface area contributed by atoms with E-state index in [0.717, 1.165) is 5.56 Å². The Kier molecular flexibility index (Phi) is 8.72. The predicted molar refractivity (Wildman–Crippen MR) is 136 cm³/mol. The number of nitrogens with one attached hydrogen (secondary N) is 1.